The molecule has 1 aromatic heterocycles. The summed E-state index contributed by atoms with van der Waals surface area (Å²) in [6.07, 6.45) is 2.92. The highest BCUT2D eigenvalue weighted by molar-refractivity contribution is 5.96. The molecular formula is C16H25N3O2. The molecule has 0 aliphatic carbocycles. The van der Waals surface area contributed by atoms with Crippen LogP contribution in [-0.2, 0) is 0 Å². The highest BCUT2D eigenvalue weighted by Gasteiger charge is 2.21. The van der Waals surface area contributed by atoms with Crippen molar-refractivity contribution in [2.45, 2.75) is 20.3 Å². The minimum absolute atomic E-state index is 0.127. The van der Waals surface area contributed by atoms with E-state index in [-0.39, 0.29) is 5.91 Å². The lowest BCUT2D eigenvalue weighted by Crippen LogP contribution is -2.42. The second-order valence-electron chi connectivity index (χ2n) is 6.02. The minimum Gasteiger partial charge on any atom is -0.480 e. The molecule has 1 saturated heterocycles. The summed E-state index contributed by atoms with van der Waals surface area (Å²) >= 11 is 0. The number of carbonyl (C=O) groups is 1. The number of pyridine rings is 1. The van der Waals surface area contributed by atoms with Gasteiger partial charge in [0.25, 0.3) is 5.91 Å². The molecular weight excluding hydrogens is 266 g/mol. The molecule has 1 N–H and O–H groups in total. The molecule has 1 aromatic rings. The van der Waals surface area contributed by atoms with Gasteiger partial charge < -0.3 is 15.0 Å². The van der Waals surface area contributed by atoms with Crippen molar-refractivity contribution in [2.24, 2.45) is 11.8 Å². The molecule has 0 radical (unpaired) electrons. The zero-order valence-corrected chi connectivity index (χ0v) is 13.1. The number of amides is 1. The summed E-state index contributed by atoms with van der Waals surface area (Å²) in [6.45, 7) is 8.37. The molecule has 116 valence electrons. The van der Waals surface area contributed by atoms with E-state index >= 15 is 0 Å². The maximum absolute atomic E-state index is 12.1. The van der Waals surface area contributed by atoms with Gasteiger partial charge in [0.15, 0.2) is 0 Å². The standard InChI is InChI=1S/C16H25N3O2/c1-12-9-13(2)11-19(10-12)8-7-17-15(20)14-5-4-6-18-16(14)21-3/h4-6,12-13H,7-11H2,1-3H3,(H,17,20)/t12-,13-/m0/s1. The SMILES string of the molecule is COc1ncccc1C(=O)NCCN1C[C@@H](C)C[C@H](C)C1. The smallest absolute Gasteiger partial charge is 0.256 e. The summed E-state index contributed by atoms with van der Waals surface area (Å²) < 4.78 is 5.11. The van der Waals surface area contributed by atoms with Crippen LogP contribution in [0.4, 0.5) is 0 Å². The molecule has 1 amide bonds. The molecule has 0 spiro atoms. The summed E-state index contributed by atoms with van der Waals surface area (Å²) in [7, 11) is 1.52. The quantitative estimate of drug-likeness (QED) is 0.899. The Morgan fingerprint density at radius 3 is 2.81 bits per heavy atom. The maximum atomic E-state index is 12.1. The number of aromatic nitrogens is 1. The van der Waals surface area contributed by atoms with Crippen molar-refractivity contribution in [3.8, 4) is 5.88 Å². The third-order valence-corrected chi connectivity index (χ3v) is 3.87. The maximum Gasteiger partial charge on any atom is 0.256 e. The fourth-order valence-electron chi connectivity index (χ4n) is 3.12. The lowest BCUT2D eigenvalue weighted by molar-refractivity contribution is 0.0933. The first-order chi connectivity index (χ1) is 10.1. The number of piperidine rings is 1. The average Bonchev–Trinajstić information content (AvgIpc) is 2.46. The van der Waals surface area contributed by atoms with E-state index in [1.54, 1.807) is 18.3 Å². The monoisotopic (exact) mass is 291 g/mol. The van der Waals surface area contributed by atoms with Gasteiger partial charge in [-0.2, -0.15) is 0 Å². The highest BCUT2D eigenvalue weighted by Crippen LogP contribution is 2.20. The molecule has 5 nitrogen and oxygen atoms in total. The van der Waals surface area contributed by atoms with Crippen LogP contribution in [0.1, 0.15) is 30.6 Å². The Morgan fingerprint density at radius 1 is 1.43 bits per heavy atom. The summed E-state index contributed by atoms with van der Waals surface area (Å²) in [5.74, 6) is 1.72. The van der Waals surface area contributed by atoms with Crippen molar-refractivity contribution in [2.75, 3.05) is 33.3 Å². The summed E-state index contributed by atoms with van der Waals surface area (Å²) in [5.41, 5.74) is 0.486. The number of hydrogen-bond donors (Lipinski definition) is 1. The summed E-state index contributed by atoms with van der Waals surface area (Å²) in [5, 5.41) is 2.95. The van der Waals surface area contributed by atoms with Crippen molar-refractivity contribution in [1.82, 2.24) is 15.2 Å². The van der Waals surface area contributed by atoms with E-state index in [4.69, 9.17) is 4.74 Å². The molecule has 0 aromatic carbocycles. The van der Waals surface area contributed by atoms with Crippen LogP contribution < -0.4 is 10.1 Å². The number of nitrogens with one attached hydrogen (secondary N) is 1. The number of carbonyl (C=O) groups excluding carboxylic acids is 1. The Kier molecular flexibility index (Phi) is 5.56. The van der Waals surface area contributed by atoms with Crippen LogP contribution in [0.2, 0.25) is 0 Å². The average molecular weight is 291 g/mol. The third kappa shape index (κ3) is 4.43. The zero-order valence-electron chi connectivity index (χ0n) is 13.1. The van der Waals surface area contributed by atoms with E-state index < -0.39 is 0 Å². The van der Waals surface area contributed by atoms with Crippen LogP contribution >= 0.6 is 0 Å². The van der Waals surface area contributed by atoms with Gasteiger partial charge in [0, 0.05) is 32.4 Å². The second kappa shape index (κ2) is 7.41. The van der Waals surface area contributed by atoms with E-state index in [1.165, 1.54) is 13.5 Å². The van der Waals surface area contributed by atoms with E-state index in [2.05, 4.69) is 29.0 Å². The normalized spacial score (nSPS) is 22.8. The van der Waals surface area contributed by atoms with E-state index in [9.17, 15) is 4.79 Å². The van der Waals surface area contributed by atoms with Gasteiger partial charge in [0.1, 0.15) is 5.56 Å². The van der Waals surface area contributed by atoms with E-state index in [1.807, 2.05) is 0 Å². The Bertz CT molecular complexity index is 468. The van der Waals surface area contributed by atoms with E-state index in [0.29, 0.717) is 18.0 Å². The number of nitrogens with zero attached hydrogens (tertiary/aromatic N) is 2. The van der Waals surface area contributed by atoms with Crippen molar-refractivity contribution in [1.29, 1.82) is 0 Å². The highest BCUT2D eigenvalue weighted by atomic mass is 16.5. The first-order valence-electron chi connectivity index (χ1n) is 7.59. The molecule has 0 unspecified atom stereocenters. The largest absolute Gasteiger partial charge is 0.480 e. The fraction of sp³-hybridized carbons (Fsp3) is 0.625. The Morgan fingerprint density at radius 2 is 2.14 bits per heavy atom. The van der Waals surface area contributed by atoms with E-state index in [0.717, 1.165) is 31.5 Å². The zero-order chi connectivity index (χ0) is 15.2. The second-order valence-corrected chi connectivity index (χ2v) is 6.02. The van der Waals surface area contributed by atoms with Gasteiger partial charge in [0.05, 0.1) is 7.11 Å². The first kappa shape index (κ1) is 15.8. The molecule has 1 aliphatic heterocycles. The lowest BCUT2D eigenvalue weighted by Gasteiger charge is -2.34. The molecule has 1 fully saturated rings. The topological polar surface area (TPSA) is 54.5 Å². The molecule has 2 atom stereocenters. The Balaban J connectivity index is 1.81. The van der Waals surface area contributed by atoms with Crippen LogP contribution in [0.25, 0.3) is 0 Å². The van der Waals surface area contributed by atoms with Crippen LogP contribution in [0, 0.1) is 11.8 Å². The first-order valence-corrected chi connectivity index (χ1v) is 7.59. The third-order valence-electron chi connectivity index (χ3n) is 3.87. The molecule has 5 heteroatoms. The van der Waals surface area contributed by atoms with Crippen molar-refractivity contribution in [3.05, 3.63) is 23.9 Å². The van der Waals surface area contributed by atoms with Gasteiger partial charge in [-0.15, -0.1) is 0 Å². The minimum atomic E-state index is -0.127. The predicted octanol–water partition coefficient (Wildman–Crippen LogP) is 1.80. The molecule has 0 bridgehead atoms. The van der Waals surface area contributed by atoms with Gasteiger partial charge >= 0.3 is 0 Å². The molecule has 0 saturated carbocycles. The van der Waals surface area contributed by atoms with Gasteiger partial charge in [-0.3, -0.25) is 4.79 Å². The number of rotatable bonds is 5. The van der Waals surface area contributed by atoms with Gasteiger partial charge in [-0.05, 0) is 30.4 Å². The lowest BCUT2D eigenvalue weighted by atomic mass is 9.92. The number of ether oxygens (including phenoxy) is 1. The van der Waals surface area contributed by atoms with Gasteiger partial charge in [0.2, 0.25) is 5.88 Å². The van der Waals surface area contributed by atoms with Gasteiger partial charge in [-0.1, -0.05) is 13.8 Å². The predicted molar refractivity (Wildman–Crippen MR) is 82.5 cm³/mol. The van der Waals surface area contributed by atoms with Crippen LogP contribution in [-0.4, -0.2) is 49.1 Å². The molecule has 2 rings (SSSR count). The Labute approximate surface area is 126 Å². The number of likely N-dealkylation sites (tertiary alicyclic amines) is 1. The number of hydrogen-bond acceptors (Lipinski definition) is 4. The summed E-state index contributed by atoms with van der Waals surface area (Å²) in [6, 6.07) is 3.47. The van der Waals surface area contributed by atoms with Crippen molar-refractivity contribution >= 4 is 5.91 Å². The number of methoxy groups -OCH3 is 1. The Hall–Kier alpha value is -1.62. The van der Waals surface area contributed by atoms with Crippen molar-refractivity contribution in [3.63, 3.8) is 0 Å². The van der Waals surface area contributed by atoms with Crippen LogP contribution in [0.3, 0.4) is 0 Å². The van der Waals surface area contributed by atoms with Crippen LogP contribution in [0.5, 0.6) is 5.88 Å². The fourth-order valence-corrected chi connectivity index (χ4v) is 3.12. The van der Waals surface area contributed by atoms with Gasteiger partial charge in [-0.25, -0.2) is 4.98 Å². The van der Waals surface area contributed by atoms with Crippen molar-refractivity contribution < 1.29 is 9.53 Å². The molecule has 2 heterocycles. The molecule has 21 heavy (non-hydrogen) atoms. The van der Waals surface area contributed by atoms with Crippen LogP contribution in [0.15, 0.2) is 18.3 Å². The summed E-state index contributed by atoms with van der Waals surface area (Å²) in [4.78, 5) is 18.6. The molecule has 1 aliphatic rings.